The largest absolute Gasteiger partial charge is 0.399 e. The highest BCUT2D eigenvalue weighted by atomic mass is 16.1. The lowest BCUT2D eigenvalue weighted by Gasteiger charge is -2.34. The third-order valence-corrected chi connectivity index (χ3v) is 3.02. The maximum Gasteiger partial charge on any atom is 0.152 e. The fourth-order valence-corrected chi connectivity index (χ4v) is 2.00. The third kappa shape index (κ3) is 2.17. The first kappa shape index (κ1) is 11.0. The first-order valence-electron chi connectivity index (χ1n) is 5.49. The van der Waals surface area contributed by atoms with Gasteiger partial charge in [-0.1, -0.05) is 0 Å². The number of nitrogens with two attached hydrogens (primary N) is 1. The molecule has 1 heterocycles. The van der Waals surface area contributed by atoms with Crippen molar-refractivity contribution in [1.82, 2.24) is 4.90 Å². The average Bonchev–Trinajstić information content (AvgIpc) is 2.30. The van der Waals surface area contributed by atoms with Gasteiger partial charge in [0.25, 0.3) is 0 Å². The van der Waals surface area contributed by atoms with Crippen molar-refractivity contribution in [3.05, 3.63) is 23.8 Å². The van der Waals surface area contributed by atoms with Crippen molar-refractivity contribution < 1.29 is 4.79 Å². The van der Waals surface area contributed by atoms with Crippen LogP contribution in [0.1, 0.15) is 10.4 Å². The van der Waals surface area contributed by atoms with Gasteiger partial charge >= 0.3 is 0 Å². The molecule has 16 heavy (non-hydrogen) atoms. The zero-order chi connectivity index (χ0) is 11.5. The summed E-state index contributed by atoms with van der Waals surface area (Å²) in [6, 6.07) is 5.52. The van der Waals surface area contributed by atoms with Crippen molar-refractivity contribution in [1.29, 1.82) is 0 Å². The van der Waals surface area contributed by atoms with Crippen molar-refractivity contribution in [2.24, 2.45) is 0 Å². The fraction of sp³-hybridized carbons (Fsp3) is 0.417. The zero-order valence-corrected chi connectivity index (χ0v) is 9.52. The first-order chi connectivity index (χ1) is 7.70. The molecule has 0 aromatic heterocycles. The molecule has 1 aliphatic rings. The summed E-state index contributed by atoms with van der Waals surface area (Å²) in [6.45, 7) is 3.98. The molecule has 0 radical (unpaired) electrons. The molecule has 1 aliphatic heterocycles. The molecule has 2 rings (SSSR count). The number of rotatable bonds is 2. The van der Waals surface area contributed by atoms with Gasteiger partial charge in [-0.2, -0.15) is 0 Å². The highest BCUT2D eigenvalue weighted by Gasteiger charge is 2.16. The van der Waals surface area contributed by atoms with Gasteiger partial charge in [0.2, 0.25) is 0 Å². The van der Waals surface area contributed by atoms with Crippen LogP contribution >= 0.6 is 0 Å². The molecule has 0 bridgehead atoms. The number of nitrogen functional groups attached to an aromatic ring is 1. The highest BCUT2D eigenvalue weighted by molar-refractivity contribution is 5.86. The second-order valence-corrected chi connectivity index (χ2v) is 4.23. The number of carbonyl (C=O) groups excluding carboxylic acids is 1. The fourth-order valence-electron chi connectivity index (χ4n) is 2.00. The van der Waals surface area contributed by atoms with E-state index in [-0.39, 0.29) is 0 Å². The SMILES string of the molecule is CN1CCN(c2ccc(N)cc2C=O)CC1. The Hall–Kier alpha value is -1.55. The van der Waals surface area contributed by atoms with Crippen LogP contribution in [0.4, 0.5) is 11.4 Å². The third-order valence-electron chi connectivity index (χ3n) is 3.02. The Morgan fingerprint density at radius 1 is 1.25 bits per heavy atom. The normalized spacial score (nSPS) is 17.4. The number of hydrogen-bond donors (Lipinski definition) is 1. The van der Waals surface area contributed by atoms with Crippen LogP contribution in [0.15, 0.2) is 18.2 Å². The minimum absolute atomic E-state index is 0.639. The van der Waals surface area contributed by atoms with Gasteiger partial charge in [-0.05, 0) is 25.2 Å². The van der Waals surface area contributed by atoms with Gasteiger partial charge in [0, 0.05) is 43.1 Å². The van der Waals surface area contributed by atoms with Gasteiger partial charge in [-0.25, -0.2) is 0 Å². The molecule has 4 heteroatoms. The topological polar surface area (TPSA) is 49.6 Å². The van der Waals surface area contributed by atoms with Crippen molar-refractivity contribution in [2.75, 3.05) is 43.9 Å². The molecule has 1 aromatic rings. The van der Waals surface area contributed by atoms with E-state index in [1.807, 2.05) is 12.1 Å². The van der Waals surface area contributed by atoms with Crippen LogP contribution < -0.4 is 10.6 Å². The van der Waals surface area contributed by atoms with Gasteiger partial charge in [-0.3, -0.25) is 4.79 Å². The van der Waals surface area contributed by atoms with Crippen LogP contribution in [-0.2, 0) is 0 Å². The van der Waals surface area contributed by atoms with E-state index >= 15 is 0 Å². The lowest BCUT2D eigenvalue weighted by Crippen LogP contribution is -2.44. The monoisotopic (exact) mass is 219 g/mol. The maximum absolute atomic E-state index is 11.0. The number of benzene rings is 1. The van der Waals surface area contributed by atoms with E-state index in [2.05, 4.69) is 16.8 Å². The minimum Gasteiger partial charge on any atom is -0.399 e. The minimum atomic E-state index is 0.639. The van der Waals surface area contributed by atoms with Crippen LogP contribution in [0.25, 0.3) is 0 Å². The molecule has 86 valence electrons. The Kier molecular flexibility index (Phi) is 3.10. The lowest BCUT2D eigenvalue weighted by molar-refractivity contribution is 0.112. The predicted octanol–water partition coefficient (Wildman–Crippen LogP) is 0.833. The Morgan fingerprint density at radius 2 is 1.94 bits per heavy atom. The van der Waals surface area contributed by atoms with Crippen LogP contribution in [0, 0.1) is 0 Å². The van der Waals surface area contributed by atoms with Crippen LogP contribution in [0.3, 0.4) is 0 Å². The number of carbonyl (C=O) groups is 1. The molecule has 1 aromatic carbocycles. The van der Waals surface area contributed by atoms with E-state index in [0.717, 1.165) is 38.2 Å². The summed E-state index contributed by atoms with van der Waals surface area (Å²) in [5.41, 5.74) is 7.99. The van der Waals surface area contributed by atoms with E-state index in [9.17, 15) is 4.79 Å². The number of nitrogens with zero attached hydrogens (tertiary/aromatic N) is 2. The van der Waals surface area contributed by atoms with E-state index in [1.165, 1.54) is 0 Å². The molecule has 0 spiro atoms. The van der Waals surface area contributed by atoms with Gasteiger partial charge < -0.3 is 15.5 Å². The number of hydrogen-bond acceptors (Lipinski definition) is 4. The summed E-state index contributed by atoms with van der Waals surface area (Å²) in [5.74, 6) is 0. The molecule has 1 saturated heterocycles. The van der Waals surface area contributed by atoms with Gasteiger partial charge in [0.1, 0.15) is 0 Å². The Bertz CT molecular complexity index is 384. The summed E-state index contributed by atoms with van der Waals surface area (Å²) in [5, 5.41) is 0. The molecule has 0 amide bonds. The maximum atomic E-state index is 11.0. The average molecular weight is 219 g/mol. The molecule has 1 fully saturated rings. The predicted molar refractivity (Wildman–Crippen MR) is 66.0 cm³/mol. The Morgan fingerprint density at radius 3 is 2.56 bits per heavy atom. The molecular formula is C12H17N3O. The summed E-state index contributed by atoms with van der Waals surface area (Å²) in [7, 11) is 2.11. The highest BCUT2D eigenvalue weighted by Crippen LogP contribution is 2.22. The summed E-state index contributed by atoms with van der Waals surface area (Å²) in [6.07, 6.45) is 0.879. The summed E-state index contributed by atoms with van der Waals surface area (Å²) < 4.78 is 0. The van der Waals surface area contributed by atoms with Crippen molar-refractivity contribution >= 4 is 17.7 Å². The van der Waals surface area contributed by atoms with E-state index in [1.54, 1.807) is 6.07 Å². The molecular weight excluding hydrogens is 202 g/mol. The quantitative estimate of drug-likeness (QED) is 0.591. The standard InChI is InChI=1S/C12H17N3O/c1-14-4-6-15(7-5-14)12-3-2-11(13)8-10(12)9-16/h2-3,8-9H,4-7,13H2,1H3. The smallest absolute Gasteiger partial charge is 0.152 e. The van der Waals surface area contributed by atoms with Crippen LogP contribution in [0.5, 0.6) is 0 Å². The second-order valence-electron chi connectivity index (χ2n) is 4.23. The summed E-state index contributed by atoms with van der Waals surface area (Å²) >= 11 is 0. The molecule has 0 unspecified atom stereocenters. The zero-order valence-electron chi connectivity index (χ0n) is 9.52. The number of anilines is 2. The number of likely N-dealkylation sites (N-methyl/N-ethyl adjacent to an activating group) is 1. The van der Waals surface area contributed by atoms with E-state index in [4.69, 9.17) is 5.73 Å². The molecule has 4 nitrogen and oxygen atoms in total. The summed E-state index contributed by atoms with van der Waals surface area (Å²) in [4.78, 5) is 15.5. The Labute approximate surface area is 95.6 Å². The van der Waals surface area contributed by atoms with Crippen molar-refractivity contribution in [3.8, 4) is 0 Å². The van der Waals surface area contributed by atoms with Crippen LogP contribution in [0.2, 0.25) is 0 Å². The van der Waals surface area contributed by atoms with Gasteiger partial charge in [-0.15, -0.1) is 0 Å². The molecule has 2 N–H and O–H groups in total. The number of aldehydes is 1. The van der Waals surface area contributed by atoms with Crippen molar-refractivity contribution in [2.45, 2.75) is 0 Å². The van der Waals surface area contributed by atoms with E-state index in [0.29, 0.717) is 11.3 Å². The van der Waals surface area contributed by atoms with Crippen LogP contribution in [-0.4, -0.2) is 44.4 Å². The van der Waals surface area contributed by atoms with Gasteiger partial charge in [0.15, 0.2) is 6.29 Å². The molecule has 0 atom stereocenters. The van der Waals surface area contributed by atoms with Gasteiger partial charge in [0.05, 0.1) is 0 Å². The second kappa shape index (κ2) is 4.53. The number of piperazine rings is 1. The lowest BCUT2D eigenvalue weighted by atomic mass is 10.1. The molecule has 0 aliphatic carbocycles. The van der Waals surface area contributed by atoms with E-state index < -0.39 is 0 Å². The molecule has 0 saturated carbocycles. The first-order valence-corrected chi connectivity index (χ1v) is 5.49. The van der Waals surface area contributed by atoms with Crippen molar-refractivity contribution in [3.63, 3.8) is 0 Å². The Balaban J connectivity index is 2.23.